The van der Waals surface area contributed by atoms with E-state index in [1.165, 1.54) is 17.5 Å². The summed E-state index contributed by atoms with van der Waals surface area (Å²) in [6.07, 6.45) is 3.17. The molecule has 1 aromatic rings. The Hall–Kier alpha value is -1.12. The van der Waals surface area contributed by atoms with Gasteiger partial charge >= 0.3 is 0 Å². The van der Waals surface area contributed by atoms with Gasteiger partial charge in [-0.1, -0.05) is 37.3 Å². The van der Waals surface area contributed by atoms with Gasteiger partial charge < -0.3 is 5.32 Å². The first kappa shape index (κ1) is 16.9. The van der Waals surface area contributed by atoms with E-state index in [1.807, 2.05) is 6.08 Å². The lowest BCUT2D eigenvalue weighted by Crippen LogP contribution is -2.35. The maximum Gasteiger partial charge on any atom is 0.0237 e. The van der Waals surface area contributed by atoms with Crippen LogP contribution in [0.4, 0.5) is 0 Å². The van der Waals surface area contributed by atoms with Crippen LogP contribution < -0.4 is 5.32 Å². The van der Waals surface area contributed by atoms with Gasteiger partial charge in [-0.15, -0.1) is 6.58 Å². The zero-order chi connectivity index (χ0) is 15.0. The Morgan fingerprint density at radius 2 is 1.75 bits per heavy atom. The maximum atomic E-state index is 3.84. The highest BCUT2D eigenvalue weighted by Gasteiger charge is 2.08. The SMILES string of the molecule is C=CCN(CCC)Cc1ccc(CNC(C)(C)C)cc1. The fourth-order valence-electron chi connectivity index (χ4n) is 2.12. The summed E-state index contributed by atoms with van der Waals surface area (Å²) in [6.45, 7) is 16.7. The van der Waals surface area contributed by atoms with Gasteiger partial charge in [0.2, 0.25) is 0 Å². The molecule has 0 fully saturated rings. The van der Waals surface area contributed by atoms with Gasteiger partial charge in [-0.3, -0.25) is 4.90 Å². The largest absolute Gasteiger partial charge is 0.308 e. The average Bonchev–Trinajstić information content (AvgIpc) is 2.38. The summed E-state index contributed by atoms with van der Waals surface area (Å²) in [6, 6.07) is 8.94. The Bertz CT molecular complexity index is 387. The first-order chi connectivity index (χ1) is 9.44. The van der Waals surface area contributed by atoms with Crippen LogP contribution in [-0.4, -0.2) is 23.5 Å². The van der Waals surface area contributed by atoms with E-state index in [1.54, 1.807) is 0 Å². The van der Waals surface area contributed by atoms with Crippen molar-refractivity contribution in [2.75, 3.05) is 13.1 Å². The van der Waals surface area contributed by atoms with Crippen LogP contribution in [0, 0.1) is 0 Å². The molecule has 0 aliphatic carbocycles. The predicted octanol–water partition coefficient (Wildman–Crippen LogP) is 3.97. The van der Waals surface area contributed by atoms with E-state index in [0.29, 0.717) is 0 Å². The second-order valence-corrected chi connectivity index (χ2v) is 6.44. The van der Waals surface area contributed by atoms with Crippen molar-refractivity contribution < 1.29 is 0 Å². The minimum Gasteiger partial charge on any atom is -0.308 e. The third-order valence-electron chi connectivity index (χ3n) is 3.18. The lowest BCUT2D eigenvalue weighted by molar-refractivity contribution is 0.295. The zero-order valence-corrected chi connectivity index (χ0v) is 13.6. The third kappa shape index (κ3) is 6.88. The standard InChI is InChI=1S/C18H30N2/c1-6-12-20(13-7-2)15-17-10-8-16(9-11-17)14-19-18(3,4)5/h6,8-11,19H,1,7,12-15H2,2-5H3. The summed E-state index contributed by atoms with van der Waals surface area (Å²) in [5.74, 6) is 0. The molecule has 0 spiro atoms. The van der Waals surface area contributed by atoms with E-state index in [0.717, 1.165) is 26.2 Å². The molecule has 0 bridgehead atoms. The van der Waals surface area contributed by atoms with Crippen molar-refractivity contribution in [3.63, 3.8) is 0 Å². The minimum atomic E-state index is 0.167. The van der Waals surface area contributed by atoms with Crippen molar-refractivity contribution in [2.24, 2.45) is 0 Å². The van der Waals surface area contributed by atoms with E-state index in [2.05, 4.69) is 68.8 Å². The molecule has 1 N–H and O–H groups in total. The molecule has 0 saturated heterocycles. The number of benzene rings is 1. The lowest BCUT2D eigenvalue weighted by atomic mass is 10.1. The number of nitrogens with zero attached hydrogens (tertiary/aromatic N) is 1. The van der Waals surface area contributed by atoms with Crippen molar-refractivity contribution in [2.45, 2.75) is 52.7 Å². The number of rotatable bonds is 8. The summed E-state index contributed by atoms with van der Waals surface area (Å²) < 4.78 is 0. The first-order valence-corrected chi connectivity index (χ1v) is 7.60. The van der Waals surface area contributed by atoms with Crippen molar-refractivity contribution in [1.82, 2.24) is 10.2 Å². The van der Waals surface area contributed by atoms with Gasteiger partial charge in [0.15, 0.2) is 0 Å². The minimum absolute atomic E-state index is 0.167. The quantitative estimate of drug-likeness (QED) is 0.722. The molecule has 20 heavy (non-hydrogen) atoms. The van der Waals surface area contributed by atoms with Crippen molar-refractivity contribution in [3.05, 3.63) is 48.0 Å². The van der Waals surface area contributed by atoms with E-state index in [4.69, 9.17) is 0 Å². The van der Waals surface area contributed by atoms with Crippen LogP contribution in [0.5, 0.6) is 0 Å². The molecule has 0 aliphatic rings. The number of nitrogens with one attached hydrogen (secondary N) is 1. The summed E-state index contributed by atoms with van der Waals surface area (Å²) in [4.78, 5) is 2.43. The molecule has 0 aromatic heterocycles. The predicted molar refractivity (Wildman–Crippen MR) is 88.8 cm³/mol. The molecule has 0 radical (unpaired) electrons. The second-order valence-electron chi connectivity index (χ2n) is 6.44. The van der Waals surface area contributed by atoms with Crippen LogP contribution in [0.2, 0.25) is 0 Å². The molecule has 2 nitrogen and oxygen atoms in total. The number of hydrogen-bond acceptors (Lipinski definition) is 2. The Morgan fingerprint density at radius 3 is 2.25 bits per heavy atom. The van der Waals surface area contributed by atoms with Crippen LogP contribution in [-0.2, 0) is 13.1 Å². The summed E-state index contributed by atoms with van der Waals surface area (Å²) >= 11 is 0. The third-order valence-corrected chi connectivity index (χ3v) is 3.18. The molecule has 0 heterocycles. The molecule has 0 saturated carbocycles. The van der Waals surface area contributed by atoms with E-state index in [9.17, 15) is 0 Å². The van der Waals surface area contributed by atoms with Gasteiger partial charge in [0.25, 0.3) is 0 Å². The number of hydrogen-bond donors (Lipinski definition) is 1. The normalized spacial score (nSPS) is 11.8. The van der Waals surface area contributed by atoms with Crippen LogP contribution in [0.15, 0.2) is 36.9 Å². The zero-order valence-electron chi connectivity index (χ0n) is 13.6. The molecule has 112 valence electrons. The second kappa shape index (κ2) is 8.23. The Balaban J connectivity index is 2.54. The highest BCUT2D eigenvalue weighted by atomic mass is 15.1. The van der Waals surface area contributed by atoms with Crippen LogP contribution in [0.3, 0.4) is 0 Å². The fraction of sp³-hybridized carbons (Fsp3) is 0.556. The van der Waals surface area contributed by atoms with Gasteiger partial charge in [0, 0.05) is 25.2 Å². The fourth-order valence-corrected chi connectivity index (χ4v) is 2.12. The molecule has 1 rings (SSSR count). The van der Waals surface area contributed by atoms with E-state index < -0.39 is 0 Å². The van der Waals surface area contributed by atoms with Gasteiger partial charge in [-0.2, -0.15) is 0 Å². The average molecular weight is 274 g/mol. The molecule has 1 aromatic carbocycles. The van der Waals surface area contributed by atoms with Gasteiger partial charge in [0.05, 0.1) is 0 Å². The smallest absolute Gasteiger partial charge is 0.0237 e. The first-order valence-electron chi connectivity index (χ1n) is 7.60. The molecule has 0 amide bonds. The van der Waals surface area contributed by atoms with Crippen molar-refractivity contribution in [1.29, 1.82) is 0 Å². The monoisotopic (exact) mass is 274 g/mol. The van der Waals surface area contributed by atoms with E-state index >= 15 is 0 Å². The molecule has 0 unspecified atom stereocenters. The topological polar surface area (TPSA) is 15.3 Å². The lowest BCUT2D eigenvalue weighted by Gasteiger charge is -2.21. The summed E-state index contributed by atoms with van der Waals surface area (Å²) in [5, 5.41) is 3.52. The highest BCUT2D eigenvalue weighted by molar-refractivity contribution is 5.22. The van der Waals surface area contributed by atoms with Gasteiger partial charge in [0.1, 0.15) is 0 Å². The van der Waals surface area contributed by atoms with Crippen molar-refractivity contribution >= 4 is 0 Å². The molecular formula is C18H30N2. The summed E-state index contributed by atoms with van der Waals surface area (Å²) in [5.41, 5.74) is 2.88. The van der Waals surface area contributed by atoms with Gasteiger partial charge in [-0.05, 0) is 44.9 Å². The van der Waals surface area contributed by atoms with Gasteiger partial charge in [-0.25, -0.2) is 0 Å². The van der Waals surface area contributed by atoms with Crippen LogP contribution in [0.1, 0.15) is 45.2 Å². The summed E-state index contributed by atoms with van der Waals surface area (Å²) in [7, 11) is 0. The van der Waals surface area contributed by atoms with E-state index in [-0.39, 0.29) is 5.54 Å². The Labute approximate surface area is 124 Å². The van der Waals surface area contributed by atoms with Crippen LogP contribution >= 0.6 is 0 Å². The molecular weight excluding hydrogens is 244 g/mol. The van der Waals surface area contributed by atoms with Crippen molar-refractivity contribution in [3.8, 4) is 0 Å². The molecule has 2 heteroatoms. The Kier molecular flexibility index (Phi) is 6.97. The maximum absolute atomic E-state index is 3.84. The molecule has 0 aliphatic heterocycles. The Morgan fingerprint density at radius 1 is 1.15 bits per heavy atom. The molecule has 0 atom stereocenters. The highest BCUT2D eigenvalue weighted by Crippen LogP contribution is 2.09. The van der Waals surface area contributed by atoms with Crippen LogP contribution in [0.25, 0.3) is 0 Å².